The van der Waals surface area contributed by atoms with Crippen molar-refractivity contribution in [3.63, 3.8) is 0 Å². The molecule has 4 rings (SSSR count). The second-order valence-corrected chi connectivity index (χ2v) is 7.77. The Morgan fingerprint density at radius 1 is 1.07 bits per heavy atom. The molecule has 1 amide bonds. The molecule has 2 heterocycles. The third-order valence-corrected chi connectivity index (χ3v) is 5.88. The molecule has 0 N–H and O–H groups in total. The average Bonchev–Trinajstić information content (AvgIpc) is 2.72. The maximum atomic E-state index is 12.6. The lowest BCUT2D eigenvalue weighted by atomic mass is 10.2. The van der Waals surface area contributed by atoms with Gasteiger partial charge in [0, 0.05) is 47.7 Å². The minimum absolute atomic E-state index is 0.139. The molecule has 2 aromatic carbocycles. The minimum Gasteiger partial charge on any atom is -0.368 e. The number of thioether (sulfide) groups is 1. The van der Waals surface area contributed by atoms with Crippen LogP contribution in [0, 0.1) is 0 Å². The largest absolute Gasteiger partial charge is 0.368 e. The van der Waals surface area contributed by atoms with Gasteiger partial charge in [0.15, 0.2) is 0 Å². The van der Waals surface area contributed by atoms with Crippen LogP contribution in [0.1, 0.15) is 0 Å². The highest BCUT2D eigenvalue weighted by molar-refractivity contribution is 8.00. The number of anilines is 1. The summed E-state index contributed by atoms with van der Waals surface area (Å²) in [6.45, 7) is 3.05. The molecule has 0 aliphatic carbocycles. The first-order valence-electron chi connectivity index (χ1n) is 8.82. The molecular formula is C20H19ClN4OS. The lowest BCUT2D eigenvalue weighted by molar-refractivity contribution is -0.128. The summed E-state index contributed by atoms with van der Waals surface area (Å²) in [5.74, 6) is 0.514. The number of piperazine rings is 1. The topological polar surface area (TPSA) is 49.3 Å². The van der Waals surface area contributed by atoms with Crippen LogP contribution in [0.3, 0.4) is 0 Å². The van der Waals surface area contributed by atoms with E-state index >= 15 is 0 Å². The van der Waals surface area contributed by atoms with Crippen LogP contribution in [0.25, 0.3) is 10.8 Å². The molecule has 0 unspecified atom stereocenters. The smallest absolute Gasteiger partial charge is 0.233 e. The summed E-state index contributed by atoms with van der Waals surface area (Å²) in [4.78, 5) is 16.8. The van der Waals surface area contributed by atoms with Crippen molar-refractivity contribution in [3.8, 4) is 0 Å². The SMILES string of the molecule is O=C(CSc1nncc2ccccc12)N1CCN(c2cccc(Cl)c2)CC1. The minimum atomic E-state index is 0.139. The quantitative estimate of drug-likeness (QED) is 0.627. The van der Waals surface area contributed by atoms with E-state index in [1.165, 1.54) is 11.8 Å². The predicted molar refractivity (Wildman–Crippen MR) is 111 cm³/mol. The van der Waals surface area contributed by atoms with E-state index in [2.05, 4.69) is 21.2 Å². The van der Waals surface area contributed by atoms with E-state index in [9.17, 15) is 4.79 Å². The molecule has 3 aromatic rings. The Balaban J connectivity index is 1.34. The van der Waals surface area contributed by atoms with Crippen molar-refractivity contribution in [3.05, 3.63) is 59.8 Å². The first-order chi connectivity index (χ1) is 13.2. The number of nitrogens with zero attached hydrogens (tertiary/aromatic N) is 4. The van der Waals surface area contributed by atoms with Crippen molar-refractivity contribution >= 4 is 45.7 Å². The van der Waals surface area contributed by atoms with E-state index in [-0.39, 0.29) is 5.91 Å². The lowest BCUT2D eigenvalue weighted by Gasteiger charge is -2.36. The first-order valence-corrected chi connectivity index (χ1v) is 10.2. The summed E-state index contributed by atoms with van der Waals surface area (Å²) in [5.41, 5.74) is 1.11. The number of rotatable bonds is 4. The highest BCUT2D eigenvalue weighted by Crippen LogP contribution is 2.25. The van der Waals surface area contributed by atoms with E-state index in [0.717, 1.165) is 39.6 Å². The standard InChI is InChI=1S/C20H19ClN4OS/c21-16-5-3-6-17(12-16)24-8-10-25(11-9-24)19(26)14-27-20-18-7-2-1-4-15(18)13-22-23-20/h1-7,12-13H,8-11,14H2. The van der Waals surface area contributed by atoms with Gasteiger partial charge in [0.2, 0.25) is 5.91 Å². The number of fused-ring (bicyclic) bond motifs is 1. The number of benzene rings is 2. The van der Waals surface area contributed by atoms with E-state index in [4.69, 9.17) is 11.6 Å². The monoisotopic (exact) mass is 398 g/mol. The molecule has 1 aromatic heterocycles. The molecule has 0 bridgehead atoms. The van der Waals surface area contributed by atoms with E-state index in [1.54, 1.807) is 6.20 Å². The molecule has 0 spiro atoms. The van der Waals surface area contributed by atoms with Crippen molar-refractivity contribution in [2.24, 2.45) is 0 Å². The summed E-state index contributed by atoms with van der Waals surface area (Å²) in [6.07, 6.45) is 1.75. The Morgan fingerprint density at radius 2 is 1.89 bits per heavy atom. The number of hydrogen-bond acceptors (Lipinski definition) is 5. The van der Waals surface area contributed by atoms with Gasteiger partial charge in [-0.15, -0.1) is 5.10 Å². The molecule has 5 nitrogen and oxygen atoms in total. The van der Waals surface area contributed by atoms with Gasteiger partial charge in [-0.1, -0.05) is 53.7 Å². The average molecular weight is 399 g/mol. The fourth-order valence-electron chi connectivity index (χ4n) is 3.22. The fraction of sp³-hybridized carbons (Fsp3) is 0.250. The second kappa shape index (κ2) is 8.15. The Bertz CT molecular complexity index is 954. The van der Waals surface area contributed by atoms with Crippen molar-refractivity contribution in [2.45, 2.75) is 5.03 Å². The molecule has 1 aliphatic heterocycles. The van der Waals surface area contributed by atoms with E-state index in [1.807, 2.05) is 47.4 Å². The summed E-state index contributed by atoms with van der Waals surface area (Å²) in [7, 11) is 0. The lowest BCUT2D eigenvalue weighted by Crippen LogP contribution is -2.49. The van der Waals surface area contributed by atoms with Crippen molar-refractivity contribution in [1.29, 1.82) is 0 Å². The molecule has 138 valence electrons. The molecule has 1 aliphatic rings. The van der Waals surface area contributed by atoms with Crippen LogP contribution in [-0.4, -0.2) is 52.9 Å². The zero-order chi connectivity index (χ0) is 18.6. The Hall–Kier alpha value is -2.31. The first kappa shape index (κ1) is 18.1. The van der Waals surface area contributed by atoms with Crippen LogP contribution < -0.4 is 4.90 Å². The summed E-state index contributed by atoms with van der Waals surface area (Å²) in [5, 5.41) is 11.9. The van der Waals surface area contributed by atoms with E-state index < -0.39 is 0 Å². The van der Waals surface area contributed by atoms with Crippen LogP contribution in [-0.2, 0) is 4.79 Å². The molecular weight excluding hydrogens is 380 g/mol. The number of carbonyl (C=O) groups excluding carboxylic acids is 1. The normalized spacial score (nSPS) is 14.6. The van der Waals surface area contributed by atoms with Gasteiger partial charge in [0.05, 0.1) is 11.9 Å². The molecule has 1 saturated heterocycles. The molecule has 0 saturated carbocycles. The highest BCUT2D eigenvalue weighted by atomic mass is 35.5. The van der Waals surface area contributed by atoms with Gasteiger partial charge in [-0.05, 0) is 18.2 Å². The fourth-order valence-corrected chi connectivity index (χ4v) is 4.29. The Kier molecular flexibility index (Phi) is 5.45. The van der Waals surface area contributed by atoms with Crippen LogP contribution in [0.5, 0.6) is 0 Å². The van der Waals surface area contributed by atoms with Gasteiger partial charge in [-0.3, -0.25) is 4.79 Å². The van der Waals surface area contributed by atoms with Gasteiger partial charge >= 0.3 is 0 Å². The van der Waals surface area contributed by atoms with Gasteiger partial charge in [-0.25, -0.2) is 0 Å². The number of halogens is 1. The molecule has 0 atom stereocenters. The number of carbonyl (C=O) groups is 1. The Morgan fingerprint density at radius 3 is 2.70 bits per heavy atom. The third kappa shape index (κ3) is 4.17. The van der Waals surface area contributed by atoms with Crippen LogP contribution in [0.4, 0.5) is 5.69 Å². The second-order valence-electron chi connectivity index (χ2n) is 6.37. The molecule has 27 heavy (non-hydrogen) atoms. The molecule has 0 radical (unpaired) electrons. The van der Waals surface area contributed by atoms with Gasteiger partial charge in [0.25, 0.3) is 0 Å². The van der Waals surface area contributed by atoms with Gasteiger partial charge in [0.1, 0.15) is 5.03 Å². The molecule has 1 fully saturated rings. The maximum absolute atomic E-state index is 12.6. The summed E-state index contributed by atoms with van der Waals surface area (Å²) >= 11 is 7.53. The predicted octanol–water partition coefficient (Wildman–Crippen LogP) is 3.72. The number of hydrogen-bond donors (Lipinski definition) is 0. The summed E-state index contributed by atoms with van der Waals surface area (Å²) in [6, 6.07) is 15.8. The van der Waals surface area contributed by atoms with Crippen molar-refractivity contribution < 1.29 is 4.79 Å². The zero-order valence-electron chi connectivity index (χ0n) is 14.7. The highest BCUT2D eigenvalue weighted by Gasteiger charge is 2.21. The summed E-state index contributed by atoms with van der Waals surface area (Å²) < 4.78 is 0. The van der Waals surface area contributed by atoms with E-state index in [0.29, 0.717) is 18.8 Å². The number of amides is 1. The maximum Gasteiger partial charge on any atom is 0.233 e. The van der Waals surface area contributed by atoms with Gasteiger partial charge < -0.3 is 9.80 Å². The Labute approximate surface area is 167 Å². The van der Waals surface area contributed by atoms with Gasteiger partial charge in [-0.2, -0.15) is 5.10 Å². The molecule has 7 heteroatoms. The third-order valence-electron chi connectivity index (χ3n) is 4.67. The number of aromatic nitrogens is 2. The van der Waals surface area contributed by atoms with Crippen LogP contribution in [0.15, 0.2) is 59.8 Å². The zero-order valence-corrected chi connectivity index (χ0v) is 16.3. The van der Waals surface area contributed by atoms with Crippen LogP contribution >= 0.6 is 23.4 Å². The van der Waals surface area contributed by atoms with Crippen molar-refractivity contribution in [1.82, 2.24) is 15.1 Å². The van der Waals surface area contributed by atoms with Crippen molar-refractivity contribution in [2.75, 3.05) is 36.8 Å². The van der Waals surface area contributed by atoms with Crippen LogP contribution in [0.2, 0.25) is 5.02 Å².